The average Bonchev–Trinajstić information content (AvgIpc) is 3.38. The third-order valence-corrected chi connectivity index (χ3v) is 6.47. The van der Waals surface area contributed by atoms with E-state index in [0.29, 0.717) is 26.0 Å². The molecule has 152 valence electrons. The molecule has 2 heterocycles. The molecular formula is C19H13F2N5OS3. The highest BCUT2D eigenvalue weighted by Crippen LogP contribution is 2.29. The topological polar surface area (TPSA) is 79.8 Å². The van der Waals surface area contributed by atoms with Crippen LogP contribution < -0.4 is 10.6 Å². The largest absolute Gasteiger partial charge is 0.328 e. The highest BCUT2D eigenvalue weighted by molar-refractivity contribution is 8.01. The second kappa shape index (κ2) is 9.28. The van der Waals surface area contributed by atoms with Crippen molar-refractivity contribution in [2.45, 2.75) is 4.34 Å². The molecule has 0 aliphatic carbocycles. The Morgan fingerprint density at radius 1 is 1.03 bits per heavy atom. The minimum absolute atomic E-state index is 0.125. The monoisotopic (exact) mass is 461 g/mol. The zero-order chi connectivity index (χ0) is 20.9. The first kappa shape index (κ1) is 20.4. The number of halogens is 2. The van der Waals surface area contributed by atoms with Crippen LogP contribution in [0.1, 0.15) is 0 Å². The lowest BCUT2D eigenvalue weighted by molar-refractivity contribution is -0.113. The number of hydrogen-bond acceptors (Lipinski definition) is 8. The second-order valence-electron chi connectivity index (χ2n) is 5.86. The number of nitrogens with one attached hydrogen (secondary N) is 2. The molecule has 2 aromatic carbocycles. The number of rotatable bonds is 7. The Morgan fingerprint density at radius 2 is 1.83 bits per heavy atom. The number of hydrogen-bond donors (Lipinski definition) is 2. The number of anilines is 3. The van der Waals surface area contributed by atoms with E-state index in [1.54, 1.807) is 35.7 Å². The van der Waals surface area contributed by atoms with Crippen LogP contribution in [0, 0.1) is 11.6 Å². The maximum atomic E-state index is 13.7. The summed E-state index contributed by atoms with van der Waals surface area (Å²) < 4.78 is 27.3. The molecule has 30 heavy (non-hydrogen) atoms. The Hall–Kier alpha value is -2.89. The number of para-hydroxylation sites is 1. The number of nitrogens with zero attached hydrogens (tertiary/aromatic N) is 3. The van der Waals surface area contributed by atoms with Gasteiger partial charge in [0.2, 0.25) is 11.0 Å². The summed E-state index contributed by atoms with van der Waals surface area (Å²) in [6.07, 6.45) is 0. The van der Waals surface area contributed by atoms with E-state index >= 15 is 0 Å². The summed E-state index contributed by atoms with van der Waals surface area (Å²) >= 11 is 3.74. The zero-order valence-corrected chi connectivity index (χ0v) is 17.6. The van der Waals surface area contributed by atoms with Gasteiger partial charge in [-0.2, -0.15) is 0 Å². The zero-order valence-electron chi connectivity index (χ0n) is 15.1. The molecule has 0 atom stereocenters. The van der Waals surface area contributed by atoms with Gasteiger partial charge in [-0.1, -0.05) is 35.2 Å². The smallest absolute Gasteiger partial charge is 0.236 e. The van der Waals surface area contributed by atoms with Crippen LogP contribution in [0.3, 0.4) is 0 Å². The Balaban J connectivity index is 1.30. The third kappa shape index (κ3) is 5.17. The van der Waals surface area contributed by atoms with Crippen molar-refractivity contribution >= 4 is 56.3 Å². The van der Waals surface area contributed by atoms with Crippen molar-refractivity contribution in [3.8, 4) is 11.3 Å². The molecule has 6 nitrogen and oxygen atoms in total. The molecule has 4 aromatic rings. The van der Waals surface area contributed by atoms with Gasteiger partial charge in [0, 0.05) is 10.9 Å². The highest BCUT2D eigenvalue weighted by Gasteiger charge is 2.12. The van der Waals surface area contributed by atoms with Crippen LogP contribution in [0.15, 0.2) is 58.3 Å². The van der Waals surface area contributed by atoms with Gasteiger partial charge in [0.05, 0.1) is 17.1 Å². The lowest BCUT2D eigenvalue weighted by Gasteiger charge is -2.02. The summed E-state index contributed by atoms with van der Waals surface area (Å²) in [4.78, 5) is 16.5. The Bertz CT molecular complexity index is 1160. The van der Waals surface area contributed by atoms with Crippen molar-refractivity contribution in [3.05, 3.63) is 65.5 Å². The van der Waals surface area contributed by atoms with E-state index in [1.807, 2.05) is 0 Å². The van der Waals surface area contributed by atoms with Crippen molar-refractivity contribution in [1.29, 1.82) is 0 Å². The molecular weight excluding hydrogens is 448 g/mol. The van der Waals surface area contributed by atoms with Gasteiger partial charge in [0.1, 0.15) is 11.6 Å². The van der Waals surface area contributed by atoms with Crippen molar-refractivity contribution < 1.29 is 13.6 Å². The van der Waals surface area contributed by atoms with Crippen molar-refractivity contribution in [2.24, 2.45) is 0 Å². The molecule has 0 aliphatic rings. The van der Waals surface area contributed by atoms with Gasteiger partial charge in [0.15, 0.2) is 9.47 Å². The number of thiazole rings is 1. The Morgan fingerprint density at radius 3 is 2.63 bits per heavy atom. The van der Waals surface area contributed by atoms with Crippen molar-refractivity contribution in [2.75, 3.05) is 16.4 Å². The molecule has 11 heteroatoms. The van der Waals surface area contributed by atoms with E-state index in [-0.39, 0.29) is 23.3 Å². The molecule has 1 amide bonds. The molecule has 4 rings (SSSR count). The standard InChI is InChI=1S/C19H13F2N5OS3/c20-12-7-5-11(6-8-12)15-9-28-17(23-15)24-16(27)10-29-19-26-25-18(30-19)22-14-4-2-1-3-13(14)21/h1-9H,10H2,(H,22,25)(H,23,24,27). The van der Waals surface area contributed by atoms with Gasteiger partial charge in [0.25, 0.3) is 0 Å². The predicted molar refractivity (Wildman–Crippen MR) is 116 cm³/mol. The van der Waals surface area contributed by atoms with E-state index in [2.05, 4.69) is 25.8 Å². The number of aromatic nitrogens is 3. The molecule has 0 saturated carbocycles. The van der Waals surface area contributed by atoms with E-state index in [4.69, 9.17) is 0 Å². The van der Waals surface area contributed by atoms with Gasteiger partial charge in [-0.05, 0) is 36.4 Å². The Labute approximate surface area is 182 Å². The number of benzene rings is 2. The lowest BCUT2D eigenvalue weighted by Crippen LogP contribution is -2.13. The third-order valence-electron chi connectivity index (χ3n) is 3.74. The van der Waals surface area contributed by atoms with E-state index < -0.39 is 0 Å². The molecule has 0 aliphatic heterocycles. The van der Waals surface area contributed by atoms with E-state index in [9.17, 15) is 13.6 Å². The number of carbonyl (C=O) groups is 1. The van der Waals surface area contributed by atoms with Gasteiger partial charge in [-0.25, -0.2) is 13.8 Å². The summed E-state index contributed by atoms with van der Waals surface area (Å²) in [6.45, 7) is 0. The first-order valence-corrected chi connectivity index (χ1v) is 11.2. The molecule has 2 aromatic heterocycles. The van der Waals surface area contributed by atoms with Crippen molar-refractivity contribution in [3.63, 3.8) is 0 Å². The second-order valence-corrected chi connectivity index (χ2v) is 8.92. The molecule has 0 saturated heterocycles. The van der Waals surface area contributed by atoms with Crippen LogP contribution in [-0.4, -0.2) is 26.8 Å². The fourth-order valence-corrected chi connectivity index (χ4v) is 4.66. The molecule has 0 radical (unpaired) electrons. The van der Waals surface area contributed by atoms with Crippen molar-refractivity contribution in [1.82, 2.24) is 15.2 Å². The summed E-state index contributed by atoms with van der Waals surface area (Å²) in [5, 5.41) is 16.2. The van der Waals surface area contributed by atoms with E-state index in [1.165, 1.54) is 52.6 Å². The quantitative estimate of drug-likeness (QED) is 0.358. The summed E-state index contributed by atoms with van der Waals surface area (Å²) in [5.74, 6) is -0.813. The highest BCUT2D eigenvalue weighted by atomic mass is 32.2. The van der Waals surface area contributed by atoms with Crippen LogP contribution in [0.5, 0.6) is 0 Å². The first-order valence-electron chi connectivity index (χ1n) is 8.56. The average molecular weight is 462 g/mol. The van der Waals surface area contributed by atoms with Gasteiger partial charge in [-0.3, -0.25) is 4.79 Å². The predicted octanol–water partition coefficient (Wildman–Crippen LogP) is 5.41. The van der Waals surface area contributed by atoms with Crippen LogP contribution in [0.4, 0.5) is 24.7 Å². The molecule has 0 unspecified atom stereocenters. The molecule has 0 spiro atoms. The van der Waals surface area contributed by atoms with E-state index in [0.717, 1.165) is 5.56 Å². The van der Waals surface area contributed by atoms with Crippen LogP contribution in [0.2, 0.25) is 0 Å². The maximum absolute atomic E-state index is 13.7. The normalized spacial score (nSPS) is 10.7. The minimum Gasteiger partial charge on any atom is -0.328 e. The number of carbonyl (C=O) groups excluding carboxylic acids is 1. The van der Waals surface area contributed by atoms with Crippen LogP contribution in [0.25, 0.3) is 11.3 Å². The fourth-order valence-electron chi connectivity index (χ4n) is 2.36. The Kier molecular flexibility index (Phi) is 6.31. The van der Waals surface area contributed by atoms with Gasteiger partial charge < -0.3 is 10.6 Å². The lowest BCUT2D eigenvalue weighted by atomic mass is 10.2. The summed E-state index contributed by atoms with van der Waals surface area (Å²) in [6, 6.07) is 12.3. The summed E-state index contributed by atoms with van der Waals surface area (Å²) in [5.41, 5.74) is 1.74. The number of thioether (sulfide) groups is 1. The molecule has 0 bridgehead atoms. The minimum atomic E-state index is -0.385. The summed E-state index contributed by atoms with van der Waals surface area (Å²) in [7, 11) is 0. The maximum Gasteiger partial charge on any atom is 0.236 e. The molecule has 2 N–H and O–H groups in total. The van der Waals surface area contributed by atoms with Crippen LogP contribution >= 0.6 is 34.4 Å². The molecule has 0 fully saturated rings. The SMILES string of the molecule is O=C(CSc1nnc(Nc2ccccc2F)s1)Nc1nc(-c2ccc(F)cc2)cs1. The van der Waals surface area contributed by atoms with Gasteiger partial charge >= 0.3 is 0 Å². The number of amides is 1. The van der Waals surface area contributed by atoms with Crippen LogP contribution in [-0.2, 0) is 4.79 Å². The first-order chi connectivity index (χ1) is 14.6. The van der Waals surface area contributed by atoms with Gasteiger partial charge in [-0.15, -0.1) is 21.5 Å². The fraction of sp³-hybridized carbons (Fsp3) is 0.0526.